The summed E-state index contributed by atoms with van der Waals surface area (Å²) in [4.78, 5) is 22.5. The van der Waals surface area contributed by atoms with Gasteiger partial charge in [-0.1, -0.05) is 22.9 Å². The number of Topliss-reactive ketones (excluding diaryl/α,β-unsaturated/α-hetero) is 1. The minimum absolute atomic E-state index is 0.182. The lowest BCUT2D eigenvalue weighted by atomic mass is 10.00. The first kappa shape index (κ1) is 13.7. The molecule has 92 valence electrons. The highest BCUT2D eigenvalue weighted by Crippen LogP contribution is 2.25. The standard InChI is InChI=1S/C12H13BrO4/c1-3-9(13)11(15)7-4-6(2)10(14)8(5-7)12(16)17/h4-5,9,14H,3H2,1-2H3,(H,16,17). The number of carboxylic acids is 1. The number of carboxylic acid groups (broad SMARTS) is 1. The van der Waals surface area contributed by atoms with Gasteiger partial charge < -0.3 is 10.2 Å². The van der Waals surface area contributed by atoms with E-state index in [-0.39, 0.29) is 21.9 Å². The fraction of sp³-hybridized carbons (Fsp3) is 0.333. The topological polar surface area (TPSA) is 74.6 Å². The van der Waals surface area contributed by atoms with E-state index >= 15 is 0 Å². The second kappa shape index (κ2) is 5.31. The van der Waals surface area contributed by atoms with Crippen LogP contribution >= 0.6 is 15.9 Å². The second-order valence-electron chi connectivity index (χ2n) is 3.73. The van der Waals surface area contributed by atoms with Crippen molar-refractivity contribution in [3.8, 4) is 5.75 Å². The fourth-order valence-electron chi connectivity index (χ4n) is 1.45. The first-order valence-corrected chi connectivity index (χ1v) is 6.05. The summed E-state index contributed by atoms with van der Waals surface area (Å²) in [6.07, 6.45) is 0.612. The van der Waals surface area contributed by atoms with Gasteiger partial charge in [-0.15, -0.1) is 0 Å². The van der Waals surface area contributed by atoms with Crippen molar-refractivity contribution in [1.82, 2.24) is 0 Å². The maximum atomic E-state index is 11.9. The average Bonchev–Trinajstić information content (AvgIpc) is 2.30. The van der Waals surface area contributed by atoms with Crippen LogP contribution in [-0.4, -0.2) is 26.8 Å². The highest BCUT2D eigenvalue weighted by Gasteiger charge is 2.20. The Morgan fingerprint density at radius 2 is 2.00 bits per heavy atom. The summed E-state index contributed by atoms with van der Waals surface area (Å²) in [7, 11) is 0. The molecule has 0 aromatic heterocycles. The lowest BCUT2D eigenvalue weighted by Gasteiger charge is -2.09. The highest BCUT2D eigenvalue weighted by molar-refractivity contribution is 9.10. The molecule has 0 aliphatic rings. The average molecular weight is 301 g/mol. The largest absolute Gasteiger partial charge is 0.507 e. The van der Waals surface area contributed by atoms with E-state index in [1.807, 2.05) is 6.92 Å². The number of alkyl halides is 1. The van der Waals surface area contributed by atoms with Crippen LogP contribution in [0.3, 0.4) is 0 Å². The van der Waals surface area contributed by atoms with E-state index in [9.17, 15) is 14.7 Å². The second-order valence-corrected chi connectivity index (χ2v) is 4.84. The Kier molecular flexibility index (Phi) is 4.28. The van der Waals surface area contributed by atoms with Gasteiger partial charge in [0.15, 0.2) is 5.78 Å². The van der Waals surface area contributed by atoms with Crippen LogP contribution in [0.5, 0.6) is 5.75 Å². The molecule has 1 rings (SSSR count). The predicted octanol–water partition coefficient (Wildman–Crippen LogP) is 2.76. The van der Waals surface area contributed by atoms with E-state index in [0.717, 1.165) is 0 Å². The number of benzene rings is 1. The Hall–Kier alpha value is -1.36. The summed E-state index contributed by atoms with van der Waals surface area (Å²) in [6, 6.07) is 2.70. The molecule has 1 atom stereocenters. The van der Waals surface area contributed by atoms with Gasteiger partial charge in [-0.3, -0.25) is 4.79 Å². The molecule has 2 N–H and O–H groups in total. The molecule has 0 fully saturated rings. The number of halogens is 1. The van der Waals surface area contributed by atoms with E-state index < -0.39 is 5.97 Å². The number of rotatable bonds is 4. The SMILES string of the molecule is CCC(Br)C(=O)c1cc(C)c(O)c(C(=O)O)c1. The number of carbonyl (C=O) groups excluding carboxylic acids is 1. The number of hydrogen-bond donors (Lipinski definition) is 2. The smallest absolute Gasteiger partial charge is 0.339 e. The van der Waals surface area contributed by atoms with E-state index in [2.05, 4.69) is 15.9 Å². The molecular formula is C12H13BrO4. The normalized spacial score (nSPS) is 12.2. The van der Waals surface area contributed by atoms with E-state index in [1.54, 1.807) is 6.92 Å². The Morgan fingerprint density at radius 3 is 2.47 bits per heavy atom. The number of aromatic hydroxyl groups is 1. The molecule has 0 aliphatic heterocycles. The van der Waals surface area contributed by atoms with Crippen molar-refractivity contribution in [2.45, 2.75) is 25.1 Å². The van der Waals surface area contributed by atoms with Crippen molar-refractivity contribution in [3.05, 3.63) is 28.8 Å². The highest BCUT2D eigenvalue weighted by atomic mass is 79.9. The van der Waals surface area contributed by atoms with Crippen LogP contribution in [-0.2, 0) is 0 Å². The lowest BCUT2D eigenvalue weighted by molar-refractivity contribution is 0.0693. The molecular weight excluding hydrogens is 288 g/mol. The van der Waals surface area contributed by atoms with Crippen molar-refractivity contribution in [3.63, 3.8) is 0 Å². The molecule has 5 heteroatoms. The third-order valence-electron chi connectivity index (χ3n) is 2.46. The van der Waals surface area contributed by atoms with Gasteiger partial charge in [0.1, 0.15) is 11.3 Å². The van der Waals surface area contributed by atoms with Gasteiger partial charge in [0, 0.05) is 5.56 Å². The summed E-state index contributed by atoms with van der Waals surface area (Å²) in [6.45, 7) is 3.41. The zero-order valence-electron chi connectivity index (χ0n) is 9.53. The molecule has 0 saturated carbocycles. The number of aromatic carboxylic acids is 1. The molecule has 0 aliphatic carbocycles. The minimum atomic E-state index is -1.25. The van der Waals surface area contributed by atoms with Crippen molar-refractivity contribution in [2.24, 2.45) is 0 Å². The van der Waals surface area contributed by atoms with E-state index in [0.29, 0.717) is 17.5 Å². The van der Waals surface area contributed by atoms with Crippen LogP contribution in [0.1, 0.15) is 39.6 Å². The third-order valence-corrected chi connectivity index (χ3v) is 3.52. The fourth-order valence-corrected chi connectivity index (χ4v) is 1.72. The van der Waals surface area contributed by atoms with Crippen molar-refractivity contribution < 1.29 is 19.8 Å². The molecule has 0 spiro atoms. The van der Waals surface area contributed by atoms with Crippen LogP contribution < -0.4 is 0 Å². The zero-order valence-corrected chi connectivity index (χ0v) is 11.1. The summed E-state index contributed by atoms with van der Waals surface area (Å²) < 4.78 is 0. The molecule has 0 amide bonds. The van der Waals surface area contributed by atoms with Crippen LogP contribution in [0.4, 0.5) is 0 Å². The molecule has 17 heavy (non-hydrogen) atoms. The number of hydrogen-bond acceptors (Lipinski definition) is 3. The van der Waals surface area contributed by atoms with Gasteiger partial charge in [0.2, 0.25) is 0 Å². The van der Waals surface area contributed by atoms with Gasteiger partial charge in [0.05, 0.1) is 4.83 Å². The van der Waals surface area contributed by atoms with Crippen molar-refractivity contribution in [1.29, 1.82) is 0 Å². The monoisotopic (exact) mass is 300 g/mol. The van der Waals surface area contributed by atoms with Gasteiger partial charge in [0.25, 0.3) is 0 Å². The minimum Gasteiger partial charge on any atom is -0.507 e. The number of carbonyl (C=O) groups is 2. The molecule has 0 heterocycles. The summed E-state index contributed by atoms with van der Waals surface area (Å²) >= 11 is 3.22. The number of aryl methyl sites for hydroxylation is 1. The lowest BCUT2D eigenvalue weighted by Crippen LogP contribution is -2.14. The molecule has 1 aromatic carbocycles. The summed E-state index contributed by atoms with van der Waals surface area (Å²) in [5.41, 5.74) is 0.426. The Bertz CT molecular complexity index is 468. The van der Waals surface area contributed by atoms with Crippen LogP contribution in [0.15, 0.2) is 12.1 Å². The first-order valence-electron chi connectivity index (χ1n) is 5.13. The van der Waals surface area contributed by atoms with E-state index in [1.165, 1.54) is 12.1 Å². The Morgan fingerprint density at radius 1 is 1.41 bits per heavy atom. The first-order chi connectivity index (χ1) is 7.88. The van der Waals surface area contributed by atoms with Crippen LogP contribution in [0.2, 0.25) is 0 Å². The summed E-state index contributed by atoms with van der Waals surface area (Å²) in [5.74, 6) is -1.72. The molecule has 1 unspecified atom stereocenters. The molecule has 0 radical (unpaired) electrons. The molecule has 0 saturated heterocycles. The predicted molar refractivity (Wildman–Crippen MR) is 67.1 cm³/mol. The maximum absolute atomic E-state index is 11.9. The molecule has 1 aromatic rings. The van der Waals surface area contributed by atoms with Gasteiger partial charge in [-0.05, 0) is 31.0 Å². The van der Waals surface area contributed by atoms with Gasteiger partial charge in [-0.2, -0.15) is 0 Å². The van der Waals surface area contributed by atoms with E-state index in [4.69, 9.17) is 5.11 Å². The number of ketones is 1. The Labute approximate surface area is 107 Å². The summed E-state index contributed by atoms with van der Waals surface area (Å²) in [5, 5.41) is 18.5. The molecule has 0 bridgehead atoms. The maximum Gasteiger partial charge on any atom is 0.339 e. The number of phenols is 1. The van der Waals surface area contributed by atoms with Crippen molar-refractivity contribution >= 4 is 27.7 Å². The quantitative estimate of drug-likeness (QED) is 0.662. The third kappa shape index (κ3) is 2.85. The zero-order chi connectivity index (χ0) is 13.2. The van der Waals surface area contributed by atoms with Crippen LogP contribution in [0, 0.1) is 6.92 Å². The van der Waals surface area contributed by atoms with Crippen LogP contribution in [0.25, 0.3) is 0 Å². The molecule has 4 nitrogen and oxygen atoms in total. The van der Waals surface area contributed by atoms with Crippen molar-refractivity contribution in [2.75, 3.05) is 0 Å². The van der Waals surface area contributed by atoms with Gasteiger partial charge in [-0.25, -0.2) is 4.79 Å². The Balaban J connectivity index is 3.28. The van der Waals surface area contributed by atoms with Gasteiger partial charge >= 0.3 is 5.97 Å².